The molecular weight excluding hydrogens is 404 g/mol. The molecule has 0 radical (unpaired) electrons. The molecule has 0 atom stereocenters. The standard InChI is InChI=1S/C26H24N2S2/c29-25(21-9-3-1-4-10-21)27-17-7-13-19-15-16-20-14-8-18-28(24(20)23(19)27)26(30)22-11-5-2-6-12-22/h1-6,9-12,15-16H,7-8,13-14,17-18H2. The van der Waals surface area contributed by atoms with Crippen molar-refractivity contribution in [3.63, 3.8) is 0 Å². The Morgan fingerprint density at radius 2 is 0.967 bits per heavy atom. The van der Waals surface area contributed by atoms with Gasteiger partial charge in [0.05, 0.1) is 11.4 Å². The number of benzene rings is 3. The molecule has 0 saturated carbocycles. The molecule has 0 aromatic heterocycles. The van der Waals surface area contributed by atoms with Gasteiger partial charge in [0.1, 0.15) is 9.98 Å². The summed E-state index contributed by atoms with van der Waals surface area (Å²) in [7, 11) is 0. The van der Waals surface area contributed by atoms with Gasteiger partial charge in [0.15, 0.2) is 0 Å². The van der Waals surface area contributed by atoms with Crippen molar-refractivity contribution >= 4 is 45.8 Å². The number of rotatable bonds is 2. The van der Waals surface area contributed by atoms with Crippen LogP contribution in [0.25, 0.3) is 0 Å². The second kappa shape index (κ2) is 8.29. The van der Waals surface area contributed by atoms with E-state index >= 15 is 0 Å². The number of thiocarbonyl (C=S) groups is 2. The summed E-state index contributed by atoms with van der Waals surface area (Å²) in [5, 5.41) is 0. The predicted molar refractivity (Wildman–Crippen MR) is 134 cm³/mol. The van der Waals surface area contributed by atoms with Crippen LogP contribution >= 0.6 is 24.4 Å². The van der Waals surface area contributed by atoms with E-state index in [2.05, 4.69) is 70.5 Å². The second-order valence-electron chi connectivity index (χ2n) is 7.93. The van der Waals surface area contributed by atoms with Crippen LogP contribution in [0.5, 0.6) is 0 Å². The van der Waals surface area contributed by atoms with Crippen LogP contribution in [0.3, 0.4) is 0 Å². The minimum absolute atomic E-state index is 0.904. The quantitative estimate of drug-likeness (QED) is 0.466. The summed E-state index contributed by atoms with van der Waals surface area (Å²) >= 11 is 12.0. The van der Waals surface area contributed by atoms with Gasteiger partial charge in [-0.15, -0.1) is 0 Å². The molecule has 2 nitrogen and oxygen atoms in total. The summed E-state index contributed by atoms with van der Waals surface area (Å²) in [4.78, 5) is 6.52. The van der Waals surface area contributed by atoms with Crippen LogP contribution in [0.4, 0.5) is 11.4 Å². The zero-order valence-electron chi connectivity index (χ0n) is 16.9. The summed E-state index contributed by atoms with van der Waals surface area (Å²) in [6, 6.07) is 25.4. The van der Waals surface area contributed by atoms with Crippen molar-refractivity contribution in [2.75, 3.05) is 22.9 Å². The van der Waals surface area contributed by atoms with E-state index in [0.29, 0.717) is 0 Å². The number of hydrogen-bond acceptors (Lipinski definition) is 2. The van der Waals surface area contributed by atoms with Gasteiger partial charge in [0, 0.05) is 24.2 Å². The lowest BCUT2D eigenvalue weighted by Gasteiger charge is -2.40. The zero-order valence-corrected chi connectivity index (χ0v) is 18.5. The highest BCUT2D eigenvalue weighted by Crippen LogP contribution is 2.43. The van der Waals surface area contributed by atoms with Gasteiger partial charge in [0.25, 0.3) is 0 Å². The first-order chi connectivity index (χ1) is 14.7. The SMILES string of the molecule is S=C(c1ccccc1)N1CCCc2ccc3c(c21)N(C(=S)c1ccccc1)CCC3. The normalized spacial score (nSPS) is 15.3. The van der Waals surface area contributed by atoms with Crippen molar-refractivity contribution < 1.29 is 0 Å². The van der Waals surface area contributed by atoms with Crippen LogP contribution in [0, 0.1) is 0 Å². The van der Waals surface area contributed by atoms with E-state index in [9.17, 15) is 0 Å². The molecule has 0 bridgehead atoms. The Balaban J connectivity index is 1.63. The molecule has 3 aromatic rings. The predicted octanol–water partition coefficient (Wildman–Crippen LogP) is 5.94. The Bertz CT molecular complexity index is 1000. The highest BCUT2D eigenvalue weighted by Gasteiger charge is 2.31. The van der Waals surface area contributed by atoms with Crippen molar-refractivity contribution in [2.24, 2.45) is 0 Å². The average Bonchev–Trinajstić information content (AvgIpc) is 2.83. The maximum atomic E-state index is 5.99. The van der Waals surface area contributed by atoms with Gasteiger partial charge in [-0.05, 0) is 36.8 Å². The number of hydrogen-bond donors (Lipinski definition) is 0. The first-order valence-electron chi connectivity index (χ1n) is 10.6. The molecule has 3 aromatic carbocycles. The Kier molecular flexibility index (Phi) is 5.36. The van der Waals surface area contributed by atoms with Crippen LogP contribution in [0.15, 0.2) is 72.8 Å². The highest BCUT2D eigenvalue weighted by molar-refractivity contribution is 7.81. The number of fused-ring (bicyclic) bond motifs is 3. The number of aryl methyl sites for hydroxylation is 2. The van der Waals surface area contributed by atoms with Gasteiger partial charge in [-0.25, -0.2) is 0 Å². The zero-order chi connectivity index (χ0) is 20.5. The summed E-state index contributed by atoms with van der Waals surface area (Å²) in [6.45, 7) is 1.90. The van der Waals surface area contributed by atoms with E-state index in [4.69, 9.17) is 24.4 Å². The smallest absolute Gasteiger partial charge is 0.113 e. The first kappa shape index (κ1) is 19.4. The van der Waals surface area contributed by atoms with Crippen molar-refractivity contribution in [3.8, 4) is 0 Å². The molecule has 0 fully saturated rings. The molecule has 0 spiro atoms. The number of nitrogens with zero attached hydrogens (tertiary/aromatic N) is 2. The van der Waals surface area contributed by atoms with Crippen LogP contribution in [-0.4, -0.2) is 23.1 Å². The van der Waals surface area contributed by atoms with Crippen molar-refractivity contribution in [2.45, 2.75) is 25.7 Å². The van der Waals surface area contributed by atoms with Crippen molar-refractivity contribution in [3.05, 3.63) is 95.1 Å². The molecular formula is C26H24N2S2. The molecule has 2 aliphatic rings. The molecule has 4 heteroatoms. The average molecular weight is 429 g/mol. The topological polar surface area (TPSA) is 6.48 Å². The minimum atomic E-state index is 0.904. The fourth-order valence-electron chi connectivity index (χ4n) is 4.63. The van der Waals surface area contributed by atoms with E-state index in [-0.39, 0.29) is 0 Å². The fourth-order valence-corrected chi connectivity index (χ4v) is 5.26. The lowest BCUT2D eigenvalue weighted by molar-refractivity contribution is 0.751. The maximum absolute atomic E-state index is 5.99. The summed E-state index contributed by atoms with van der Waals surface area (Å²) in [5.41, 5.74) is 7.50. The Labute approximate surface area is 189 Å². The van der Waals surface area contributed by atoms with Crippen molar-refractivity contribution in [1.29, 1.82) is 0 Å². The van der Waals surface area contributed by atoms with E-state index in [0.717, 1.165) is 59.9 Å². The lowest BCUT2D eigenvalue weighted by atomic mass is 9.92. The number of anilines is 2. The molecule has 0 saturated heterocycles. The first-order valence-corrected chi connectivity index (χ1v) is 11.4. The van der Waals surface area contributed by atoms with E-state index in [1.807, 2.05) is 12.1 Å². The molecule has 0 amide bonds. The Morgan fingerprint density at radius 3 is 1.37 bits per heavy atom. The summed E-state index contributed by atoms with van der Waals surface area (Å²) in [6.07, 6.45) is 4.40. The second-order valence-corrected chi connectivity index (χ2v) is 8.71. The fraction of sp³-hybridized carbons (Fsp3) is 0.231. The maximum Gasteiger partial charge on any atom is 0.113 e. The Morgan fingerprint density at radius 1 is 0.567 bits per heavy atom. The van der Waals surface area contributed by atoms with Crippen LogP contribution in [0.2, 0.25) is 0 Å². The molecule has 5 rings (SSSR count). The third kappa shape index (κ3) is 3.44. The van der Waals surface area contributed by atoms with Gasteiger partial charge in [-0.1, -0.05) is 97.2 Å². The molecule has 2 aliphatic heterocycles. The Hall–Kier alpha value is -2.56. The van der Waals surface area contributed by atoms with Crippen molar-refractivity contribution in [1.82, 2.24) is 0 Å². The molecule has 0 unspecified atom stereocenters. The molecule has 2 heterocycles. The monoisotopic (exact) mass is 428 g/mol. The molecule has 30 heavy (non-hydrogen) atoms. The minimum Gasteiger partial charge on any atom is -0.330 e. The third-order valence-corrected chi connectivity index (χ3v) is 6.96. The lowest BCUT2D eigenvalue weighted by Crippen LogP contribution is -2.40. The third-order valence-electron chi connectivity index (χ3n) is 6.05. The molecule has 0 aliphatic carbocycles. The van der Waals surface area contributed by atoms with Crippen LogP contribution < -0.4 is 9.80 Å². The van der Waals surface area contributed by atoms with Gasteiger partial charge in [0.2, 0.25) is 0 Å². The van der Waals surface area contributed by atoms with Crippen LogP contribution in [-0.2, 0) is 12.8 Å². The highest BCUT2D eigenvalue weighted by atomic mass is 32.1. The largest absolute Gasteiger partial charge is 0.330 e. The van der Waals surface area contributed by atoms with Gasteiger partial charge >= 0.3 is 0 Å². The van der Waals surface area contributed by atoms with Gasteiger partial charge in [-0.3, -0.25) is 0 Å². The van der Waals surface area contributed by atoms with E-state index in [1.54, 1.807) is 0 Å². The summed E-state index contributed by atoms with van der Waals surface area (Å²) in [5.74, 6) is 0. The van der Waals surface area contributed by atoms with E-state index < -0.39 is 0 Å². The summed E-state index contributed by atoms with van der Waals surface area (Å²) < 4.78 is 0. The van der Waals surface area contributed by atoms with Crippen LogP contribution in [0.1, 0.15) is 35.1 Å². The van der Waals surface area contributed by atoms with Gasteiger partial charge in [-0.2, -0.15) is 0 Å². The molecule has 0 N–H and O–H groups in total. The van der Waals surface area contributed by atoms with E-state index in [1.165, 1.54) is 22.5 Å². The van der Waals surface area contributed by atoms with Gasteiger partial charge < -0.3 is 9.80 Å². The molecule has 150 valence electrons.